The molecule has 118 valence electrons. The first-order chi connectivity index (χ1) is 8.84. The first kappa shape index (κ1) is 25.3. The molecule has 0 rings (SSSR count). The number of aliphatic hydroxyl groups excluding tert-OH is 1. The fourth-order valence-corrected chi connectivity index (χ4v) is 0.991. The molecule has 0 spiro atoms. The van der Waals surface area contributed by atoms with Gasteiger partial charge in [-0.15, -0.1) is 0 Å². The van der Waals surface area contributed by atoms with Crippen molar-refractivity contribution in [2.24, 2.45) is 0 Å². The summed E-state index contributed by atoms with van der Waals surface area (Å²) in [5.74, 6) is -5.65. The fourth-order valence-electron chi connectivity index (χ4n) is 0.991. The summed E-state index contributed by atoms with van der Waals surface area (Å²) in [6.45, 7) is 1.11. The monoisotopic (exact) mass is 317 g/mol. The SMILES string of the molecule is C[N+](C)(C)CCO.O=C([O-])CC(O)(CC(=O)[O-])C(=O)O.[Na+]. The summed E-state index contributed by atoms with van der Waals surface area (Å²) in [5.41, 5.74) is -2.86. The van der Waals surface area contributed by atoms with Crippen molar-refractivity contribution in [3.8, 4) is 0 Å². The van der Waals surface area contributed by atoms with Gasteiger partial charge in [0.2, 0.25) is 0 Å². The normalized spacial score (nSPS) is 10.7. The molecule has 0 aliphatic carbocycles. The zero-order valence-electron chi connectivity index (χ0n) is 12.7. The van der Waals surface area contributed by atoms with Crippen LogP contribution in [0.1, 0.15) is 12.8 Å². The van der Waals surface area contributed by atoms with Crippen LogP contribution in [0.25, 0.3) is 0 Å². The van der Waals surface area contributed by atoms with Crippen molar-refractivity contribution >= 4 is 17.9 Å². The van der Waals surface area contributed by atoms with Crippen LogP contribution in [0.15, 0.2) is 0 Å². The van der Waals surface area contributed by atoms with Gasteiger partial charge >= 0.3 is 35.5 Å². The molecule has 0 amide bonds. The van der Waals surface area contributed by atoms with E-state index in [4.69, 9.17) is 15.3 Å². The van der Waals surface area contributed by atoms with E-state index in [0.29, 0.717) is 0 Å². The van der Waals surface area contributed by atoms with E-state index in [1.54, 1.807) is 0 Å². The zero-order valence-corrected chi connectivity index (χ0v) is 14.7. The Labute approximate surface area is 144 Å². The van der Waals surface area contributed by atoms with Gasteiger partial charge in [0.25, 0.3) is 0 Å². The van der Waals surface area contributed by atoms with Crippen molar-refractivity contribution in [1.29, 1.82) is 0 Å². The van der Waals surface area contributed by atoms with Crippen molar-refractivity contribution in [2.45, 2.75) is 18.4 Å². The second-order valence-corrected chi connectivity index (χ2v) is 5.17. The van der Waals surface area contributed by atoms with Crippen molar-refractivity contribution in [2.75, 3.05) is 34.3 Å². The number of carbonyl (C=O) groups is 3. The number of likely N-dealkylation sites (N-methyl/N-ethyl adjacent to an activating group) is 1. The number of carboxylic acid groups (broad SMARTS) is 3. The van der Waals surface area contributed by atoms with E-state index in [1.807, 2.05) is 0 Å². The number of nitrogens with zero attached hydrogens (tertiary/aromatic N) is 1. The smallest absolute Gasteiger partial charge is 0.550 e. The number of quaternary nitrogens is 1. The van der Waals surface area contributed by atoms with Gasteiger partial charge in [-0.1, -0.05) is 0 Å². The quantitative estimate of drug-likeness (QED) is 0.308. The van der Waals surface area contributed by atoms with Crippen molar-refractivity contribution in [3.63, 3.8) is 0 Å². The number of carbonyl (C=O) groups excluding carboxylic acids is 2. The third-order valence-corrected chi connectivity index (χ3v) is 2.04. The molecule has 0 aromatic rings. The fraction of sp³-hybridized carbons (Fsp3) is 0.727. The number of aliphatic hydroxyl groups is 2. The molecule has 3 N–H and O–H groups in total. The molecule has 9 nitrogen and oxygen atoms in total. The molecule has 0 fully saturated rings. The molecular weight excluding hydrogens is 297 g/mol. The first-order valence-electron chi connectivity index (χ1n) is 5.61. The molecule has 0 atom stereocenters. The maximum absolute atomic E-state index is 10.3. The van der Waals surface area contributed by atoms with Crippen molar-refractivity contribution in [1.82, 2.24) is 0 Å². The summed E-state index contributed by atoms with van der Waals surface area (Å²) in [7, 11) is 6.16. The maximum atomic E-state index is 10.3. The maximum Gasteiger partial charge on any atom is 1.00 e. The summed E-state index contributed by atoms with van der Waals surface area (Å²) in [5, 5.41) is 45.6. The zero-order chi connectivity index (χ0) is 16.6. The van der Waals surface area contributed by atoms with Crippen LogP contribution in [-0.4, -0.2) is 77.6 Å². The van der Waals surface area contributed by atoms with Gasteiger partial charge in [-0.3, -0.25) is 0 Å². The molecular formula is C11H20NNaO8. The van der Waals surface area contributed by atoms with Crippen LogP contribution in [0, 0.1) is 0 Å². The largest absolute Gasteiger partial charge is 1.00 e. The van der Waals surface area contributed by atoms with E-state index in [9.17, 15) is 24.6 Å². The van der Waals surface area contributed by atoms with Crippen LogP contribution in [0.5, 0.6) is 0 Å². The molecule has 21 heavy (non-hydrogen) atoms. The van der Waals surface area contributed by atoms with Gasteiger partial charge in [0, 0.05) is 24.8 Å². The summed E-state index contributed by atoms with van der Waals surface area (Å²) in [4.78, 5) is 30.2. The number of rotatable bonds is 7. The van der Waals surface area contributed by atoms with E-state index in [2.05, 4.69) is 21.1 Å². The van der Waals surface area contributed by atoms with Crippen LogP contribution in [0.3, 0.4) is 0 Å². The third kappa shape index (κ3) is 15.5. The van der Waals surface area contributed by atoms with Gasteiger partial charge in [0.05, 0.1) is 27.7 Å². The summed E-state index contributed by atoms with van der Waals surface area (Å²) < 4.78 is 0.844. The third-order valence-electron chi connectivity index (χ3n) is 2.04. The first-order valence-corrected chi connectivity index (χ1v) is 5.61. The molecule has 0 saturated heterocycles. The molecule has 0 aliphatic rings. The Balaban J connectivity index is -0.000000347. The van der Waals surface area contributed by atoms with Gasteiger partial charge < -0.3 is 39.6 Å². The Bertz CT molecular complexity index is 337. The molecule has 0 aliphatic heterocycles. The van der Waals surface area contributed by atoms with E-state index in [-0.39, 0.29) is 36.2 Å². The predicted octanol–water partition coefficient (Wildman–Crippen LogP) is -7.23. The van der Waals surface area contributed by atoms with Crippen LogP contribution in [0.2, 0.25) is 0 Å². The molecule has 0 aromatic heterocycles. The van der Waals surface area contributed by atoms with Crippen molar-refractivity contribution in [3.05, 3.63) is 0 Å². The average molecular weight is 317 g/mol. The molecule has 0 saturated carbocycles. The van der Waals surface area contributed by atoms with E-state index in [1.165, 1.54) is 0 Å². The van der Waals surface area contributed by atoms with Crippen LogP contribution < -0.4 is 39.8 Å². The van der Waals surface area contributed by atoms with Gasteiger partial charge in [0.15, 0.2) is 5.60 Å². The topological polar surface area (TPSA) is 158 Å². The van der Waals surface area contributed by atoms with Crippen LogP contribution in [-0.2, 0) is 14.4 Å². The minimum absolute atomic E-state index is 0. The Kier molecular flexibility index (Phi) is 13.2. The molecule has 0 bridgehead atoms. The average Bonchev–Trinajstić information content (AvgIpc) is 2.12. The van der Waals surface area contributed by atoms with E-state index in [0.717, 1.165) is 11.0 Å². The second kappa shape index (κ2) is 10.9. The summed E-state index contributed by atoms with van der Waals surface area (Å²) >= 11 is 0. The van der Waals surface area contributed by atoms with Gasteiger partial charge in [0.1, 0.15) is 6.54 Å². The number of carboxylic acids is 3. The minimum atomic E-state index is -2.86. The molecule has 0 heterocycles. The van der Waals surface area contributed by atoms with Gasteiger partial charge in [-0.2, -0.15) is 0 Å². The number of hydrogen-bond donors (Lipinski definition) is 3. The molecule has 0 radical (unpaired) electrons. The Morgan fingerprint density at radius 3 is 1.48 bits per heavy atom. The second-order valence-electron chi connectivity index (χ2n) is 5.17. The Morgan fingerprint density at radius 2 is 1.38 bits per heavy atom. The molecule has 0 unspecified atom stereocenters. The summed E-state index contributed by atoms with van der Waals surface area (Å²) in [6.07, 6.45) is -2.59. The van der Waals surface area contributed by atoms with Gasteiger partial charge in [-0.25, -0.2) is 4.79 Å². The predicted molar refractivity (Wildman–Crippen MR) is 61.8 cm³/mol. The van der Waals surface area contributed by atoms with Crippen molar-refractivity contribution < 1.29 is 74.0 Å². The van der Waals surface area contributed by atoms with Crippen LogP contribution in [0.4, 0.5) is 0 Å². The molecule has 10 heteroatoms. The summed E-state index contributed by atoms with van der Waals surface area (Å²) in [6, 6.07) is 0. The number of aliphatic carboxylic acids is 3. The Morgan fingerprint density at radius 1 is 1.05 bits per heavy atom. The van der Waals surface area contributed by atoms with E-state index < -0.39 is 36.4 Å². The van der Waals surface area contributed by atoms with Crippen LogP contribution >= 0.6 is 0 Å². The Hall–Kier alpha value is -0.710. The van der Waals surface area contributed by atoms with Gasteiger partial charge in [-0.05, 0) is 0 Å². The minimum Gasteiger partial charge on any atom is -0.550 e. The van der Waals surface area contributed by atoms with E-state index >= 15 is 0 Å². The number of hydrogen-bond acceptors (Lipinski definition) is 7. The molecule has 0 aromatic carbocycles. The standard InChI is InChI=1S/C6H8O7.C5H14NO.Na/c7-3(8)1-6(13,5(11)12)2-4(9)10;1-6(2,3)4-5-7;/h13H,1-2H2,(H,7,8)(H,9,10)(H,11,12);7H,4-5H2,1-3H3;/q;2*+1/p-2.